The third-order valence-corrected chi connectivity index (χ3v) is 2.51. The Morgan fingerprint density at radius 3 is 2.54 bits per heavy atom. The fraction of sp³-hybridized carbons (Fsp3) is 0.875. The van der Waals surface area contributed by atoms with Gasteiger partial charge in [0.05, 0.1) is 12.7 Å². The van der Waals surface area contributed by atoms with E-state index in [1.165, 1.54) is 7.11 Å². The number of hydrogen-bond acceptors (Lipinski definition) is 4. The number of methoxy groups -OCH3 is 1. The minimum atomic E-state index is -0.787. The van der Waals surface area contributed by atoms with E-state index in [-0.39, 0.29) is 12.6 Å². The number of carbonyl (C=O) groups excluding carboxylic acids is 1. The van der Waals surface area contributed by atoms with Gasteiger partial charge in [0.25, 0.3) is 0 Å². The van der Waals surface area contributed by atoms with Crippen molar-refractivity contribution >= 4 is 6.09 Å². The second kappa shape index (κ2) is 3.93. The van der Waals surface area contributed by atoms with Gasteiger partial charge < -0.3 is 20.5 Å². The molecule has 0 aliphatic carbocycles. The summed E-state index contributed by atoms with van der Waals surface area (Å²) in [5.74, 6) is 0. The lowest BCUT2D eigenvalue weighted by molar-refractivity contribution is -0.0111. The average Bonchev–Trinajstić information content (AvgIpc) is 2.18. The van der Waals surface area contributed by atoms with E-state index in [0.717, 1.165) is 0 Å². The molecule has 0 bridgehead atoms. The highest BCUT2D eigenvalue weighted by atomic mass is 16.5. The van der Waals surface area contributed by atoms with Crippen molar-refractivity contribution in [3.63, 3.8) is 0 Å². The predicted molar refractivity (Wildman–Crippen MR) is 47.2 cm³/mol. The molecule has 76 valence electrons. The Morgan fingerprint density at radius 1 is 1.62 bits per heavy atom. The molecule has 5 nitrogen and oxygen atoms in total. The zero-order valence-electron chi connectivity index (χ0n) is 7.82. The minimum absolute atomic E-state index is 0.252. The lowest BCUT2D eigenvalue weighted by Crippen LogP contribution is -2.50. The van der Waals surface area contributed by atoms with Gasteiger partial charge in [0.2, 0.25) is 0 Å². The number of aliphatic hydroxyl groups is 1. The molecule has 1 saturated heterocycles. The molecule has 0 atom stereocenters. The Kier molecular flexibility index (Phi) is 3.11. The summed E-state index contributed by atoms with van der Waals surface area (Å²) in [6.45, 7) is 1.28. The van der Waals surface area contributed by atoms with Crippen molar-refractivity contribution in [1.82, 2.24) is 4.90 Å². The van der Waals surface area contributed by atoms with Crippen LogP contribution in [0, 0.1) is 0 Å². The van der Waals surface area contributed by atoms with E-state index in [1.54, 1.807) is 4.90 Å². The topological polar surface area (TPSA) is 75.8 Å². The maximum atomic E-state index is 11.1. The molecule has 0 saturated carbocycles. The van der Waals surface area contributed by atoms with E-state index in [2.05, 4.69) is 4.74 Å². The van der Waals surface area contributed by atoms with Crippen molar-refractivity contribution < 1.29 is 14.6 Å². The number of carbonyl (C=O) groups is 1. The van der Waals surface area contributed by atoms with Crippen LogP contribution in [-0.2, 0) is 4.74 Å². The van der Waals surface area contributed by atoms with Crippen LogP contribution in [0.2, 0.25) is 0 Å². The summed E-state index contributed by atoms with van der Waals surface area (Å²) < 4.78 is 4.57. The van der Waals surface area contributed by atoms with E-state index < -0.39 is 5.60 Å². The summed E-state index contributed by atoms with van der Waals surface area (Å²) in [5.41, 5.74) is 4.62. The third kappa shape index (κ3) is 2.32. The van der Waals surface area contributed by atoms with Crippen molar-refractivity contribution in [2.24, 2.45) is 5.73 Å². The maximum absolute atomic E-state index is 11.1. The molecule has 0 unspecified atom stereocenters. The highest BCUT2D eigenvalue weighted by Crippen LogP contribution is 2.20. The zero-order chi connectivity index (χ0) is 9.90. The van der Waals surface area contributed by atoms with Gasteiger partial charge in [-0.3, -0.25) is 0 Å². The second-order valence-corrected chi connectivity index (χ2v) is 3.39. The fourth-order valence-corrected chi connectivity index (χ4v) is 1.44. The number of hydrogen-bond donors (Lipinski definition) is 2. The van der Waals surface area contributed by atoms with Gasteiger partial charge in [-0.05, 0) is 12.8 Å². The molecule has 1 heterocycles. The number of rotatable bonds is 1. The first-order chi connectivity index (χ1) is 6.11. The van der Waals surface area contributed by atoms with E-state index in [9.17, 15) is 9.90 Å². The number of nitrogens with zero attached hydrogens (tertiary/aromatic N) is 1. The van der Waals surface area contributed by atoms with E-state index in [1.807, 2.05) is 0 Å². The van der Waals surface area contributed by atoms with Crippen molar-refractivity contribution in [2.75, 3.05) is 26.7 Å². The Morgan fingerprint density at radius 2 is 2.15 bits per heavy atom. The van der Waals surface area contributed by atoms with Crippen LogP contribution in [0.4, 0.5) is 4.79 Å². The van der Waals surface area contributed by atoms with E-state index in [4.69, 9.17) is 5.73 Å². The van der Waals surface area contributed by atoms with E-state index in [0.29, 0.717) is 25.9 Å². The number of amides is 1. The van der Waals surface area contributed by atoms with Gasteiger partial charge in [0, 0.05) is 19.6 Å². The van der Waals surface area contributed by atoms with Gasteiger partial charge in [-0.25, -0.2) is 4.79 Å². The summed E-state index contributed by atoms with van der Waals surface area (Å²) >= 11 is 0. The van der Waals surface area contributed by atoms with Crippen LogP contribution < -0.4 is 5.73 Å². The molecule has 1 aliphatic rings. The Hall–Kier alpha value is -0.810. The molecule has 1 rings (SSSR count). The lowest BCUT2D eigenvalue weighted by atomic mass is 9.92. The summed E-state index contributed by atoms with van der Waals surface area (Å²) in [5, 5.41) is 9.75. The number of ether oxygens (including phenoxy) is 1. The van der Waals surface area contributed by atoms with Crippen LogP contribution >= 0.6 is 0 Å². The van der Waals surface area contributed by atoms with Crippen LogP contribution in [0.3, 0.4) is 0 Å². The first kappa shape index (κ1) is 10.3. The number of piperidine rings is 1. The standard InChI is InChI=1S/C8H16N2O3/c1-13-7(11)10-4-2-8(12,6-9)3-5-10/h12H,2-6,9H2,1H3. The highest BCUT2D eigenvalue weighted by molar-refractivity contribution is 5.67. The first-order valence-corrected chi connectivity index (χ1v) is 4.37. The normalized spacial score (nSPS) is 21.3. The van der Waals surface area contributed by atoms with Crippen LogP contribution in [0.15, 0.2) is 0 Å². The van der Waals surface area contributed by atoms with Gasteiger partial charge >= 0.3 is 6.09 Å². The van der Waals surface area contributed by atoms with Gasteiger partial charge in [0.1, 0.15) is 0 Å². The molecule has 5 heteroatoms. The SMILES string of the molecule is COC(=O)N1CCC(O)(CN)CC1. The molecular formula is C8H16N2O3. The molecule has 0 spiro atoms. The van der Waals surface area contributed by atoms with Gasteiger partial charge in [-0.15, -0.1) is 0 Å². The number of likely N-dealkylation sites (tertiary alicyclic amines) is 1. The van der Waals surface area contributed by atoms with Gasteiger partial charge in [-0.1, -0.05) is 0 Å². The fourth-order valence-electron chi connectivity index (χ4n) is 1.44. The summed E-state index contributed by atoms with van der Waals surface area (Å²) in [6.07, 6.45) is 0.719. The molecule has 1 aliphatic heterocycles. The predicted octanol–water partition coefficient (Wildman–Crippen LogP) is -0.462. The van der Waals surface area contributed by atoms with Crippen LogP contribution in [0.25, 0.3) is 0 Å². The van der Waals surface area contributed by atoms with Gasteiger partial charge in [-0.2, -0.15) is 0 Å². The quantitative estimate of drug-likeness (QED) is 0.583. The molecule has 1 fully saturated rings. The maximum Gasteiger partial charge on any atom is 0.409 e. The monoisotopic (exact) mass is 188 g/mol. The highest BCUT2D eigenvalue weighted by Gasteiger charge is 2.32. The molecule has 0 aromatic heterocycles. The zero-order valence-corrected chi connectivity index (χ0v) is 7.82. The molecule has 0 radical (unpaired) electrons. The average molecular weight is 188 g/mol. The number of nitrogens with two attached hydrogens (primary N) is 1. The van der Waals surface area contributed by atoms with Crippen LogP contribution in [-0.4, -0.2) is 48.4 Å². The van der Waals surface area contributed by atoms with Gasteiger partial charge in [0.15, 0.2) is 0 Å². The van der Waals surface area contributed by atoms with E-state index >= 15 is 0 Å². The summed E-state index contributed by atoms with van der Waals surface area (Å²) in [6, 6.07) is 0. The van der Waals surface area contributed by atoms with Crippen molar-refractivity contribution in [1.29, 1.82) is 0 Å². The summed E-state index contributed by atoms with van der Waals surface area (Å²) in [4.78, 5) is 12.6. The Labute approximate surface area is 77.5 Å². The van der Waals surface area contributed by atoms with Crippen LogP contribution in [0.5, 0.6) is 0 Å². The van der Waals surface area contributed by atoms with Crippen molar-refractivity contribution in [3.05, 3.63) is 0 Å². The Balaban J connectivity index is 2.43. The molecule has 3 N–H and O–H groups in total. The third-order valence-electron chi connectivity index (χ3n) is 2.51. The molecule has 0 aromatic carbocycles. The molecule has 13 heavy (non-hydrogen) atoms. The lowest BCUT2D eigenvalue weighted by Gasteiger charge is -2.36. The largest absolute Gasteiger partial charge is 0.453 e. The molecular weight excluding hydrogens is 172 g/mol. The Bertz CT molecular complexity index is 188. The first-order valence-electron chi connectivity index (χ1n) is 4.37. The van der Waals surface area contributed by atoms with Crippen LogP contribution in [0.1, 0.15) is 12.8 Å². The molecule has 0 aromatic rings. The summed E-state index contributed by atoms with van der Waals surface area (Å²) in [7, 11) is 1.35. The van der Waals surface area contributed by atoms with Crippen molar-refractivity contribution in [3.8, 4) is 0 Å². The smallest absolute Gasteiger partial charge is 0.409 e. The molecule has 1 amide bonds. The van der Waals surface area contributed by atoms with Crippen molar-refractivity contribution in [2.45, 2.75) is 18.4 Å². The minimum Gasteiger partial charge on any atom is -0.453 e. The second-order valence-electron chi connectivity index (χ2n) is 3.39.